The van der Waals surface area contributed by atoms with Crippen molar-refractivity contribution in [3.63, 3.8) is 0 Å². The number of rotatable bonds is 4. The minimum atomic E-state index is -4.41. The largest absolute Gasteiger partial charge is 0.489 e. The zero-order chi connectivity index (χ0) is 16.6. The maximum atomic E-state index is 11.8. The van der Waals surface area contributed by atoms with E-state index in [4.69, 9.17) is 4.74 Å². The van der Waals surface area contributed by atoms with Gasteiger partial charge in [0, 0.05) is 5.39 Å². The standard InChI is InChI=1S/C18H19O4P/c1-3-12(2)22-18-16-11-14-7-5-4-6-13(14)10-15(16)8-9-17(18)23(19,20)21/h4-12H,3H2,1-2H3,(H2,19,20,21). The molecule has 0 aliphatic heterocycles. The van der Waals surface area contributed by atoms with Gasteiger partial charge in [-0.1, -0.05) is 37.3 Å². The molecule has 0 spiro atoms. The van der Waals surface area contributed by atoms with Crippen LogP contribution < -0.4 is 10.0 Å². The van der Waals surface area contributed by atoms with Crippen LogP contribution in [-0.2, 0) is 4.57 Å². The minimum absolute atomic E-state index is 0.0550. The molecule has 0 radical (unpaired) electrons. The molecule has 120 valence electrons. The average Bonchev–Trinajstić information content (AvgIpc) is 2.52. The van der Waals surface area contributed by atoms with Gasteiger partial charge < -0.3 is 14.5 Å². The van der Waals surface area contributed by atoms with Crippen LogP contribution in [0.4, 0.5) is 0 Å². The molecule has 0 bridgehead atoms. The van der Waals surface area contributed by atoms with Crippen LogP contribution in [0.5, 0.6) is 5.75 Å². The van der Waals surface area contributed by atoms with Gasteiger partial charge in [0.15, 0.2) is 0 Å². The van der Waals surface area contributed by atoms with Gasteiger partial charge in [-0.2, -0.15) is 0 Å². The molecule has 3 rings (SSSR count). The highest BCUT2D eigenvalue weighted by molar-refractivity contribution is 7.60. The SMILES string of the molecule is CCC(C)Oc1c(P(=O)(O)O)ccc2cc3ccccc3cc12. The second-order valence-corrected chi connectivity index (χ2v) is 7.28. The van der Waals surface area contributed by atoms with E-state index in [2.05, 4.69) is 0 Å². The minimum Gasteiger partial charge on any atom is -0.489 e. The van der Waals surface area contributed by atoms with E-state index < -0.39 is 7.60 Å². The maximum absolute atomic E-state index is 11.8. The highest BCUT2D eigenvalue weighted by Gasteiger charge is 2.25. The van der Waals surface area contributed by atoms with Gasteiger partial charge >= 0.3 is 7.60 Å². The van der Waals surface area contributed by atoms with Crippen LogP contribution in [0.25, 0.3) is 21.5 Å². The van der Waals surface area contributed by atoms with Crippen LogP contribution >= 0.6 is 7.60 Å². The predicted octanol–water partition coefficient (Wildman–Crippen LogP) is 3.97. The summed E-state index contributed by atoms with van der Waals surface area (Å²) < 4.78 is 17.7. The van der Waals surface area contributed by atoms with E-state index in [0.717, 1.165) is 28.0 Å². The van der Waals surface area contributed by atoms with E-state index in [1.54, 1.807) is 6.07 Å². The highest BCUT2D eigenvalue weighted by Crippen LogP contribution is 2.41. The lowest BCUT2D eigenvalue weighted by atomic mass is 10.0. The van der Waals surface area contributed by atoms with E-state index in [1.165, 1.54) is 6.07 Å². The fourth-order valence-electron chi connectivity index (χ4n) is 2.61. The summed E-state index contributed by atoms with van der Waals surface area (Å²) in [4.78, 5) is 19.3. The van der Waals surface area contributed by atoms with E-state index in [9.17, 15) is 14.4 Å². The topological polar surface area (TPSA) is 66.8 Å². The van der Waals surface area contributed by atoms with Crippen molar-refractivity contribution in [1.82, 2.24) is 0 Å². The van der Waals surface area contributed by atoms with Gasteiger partial charge in [0.2, 0.25) is 0 Å². The Balaban J connectivity index is 2.34. The molecule has 0 aliphatic carbocycles. The van der Waals surface area contributed by atoms with Gasteiger partial charge in [-0.05, 0) is 47.7 Å². The van der Waals surface area contributed by atoms with Crippen LogP contribution in [0.1, 0.15) is 20.3 Å². The Morgan fingerprint density at radius 2 is 1.70 bits per heavy atom. The molecule has 4 nitrogen and oxygen atoms in total. The number of hydrogen-bond acceptors (Lipinski definition) is 2. The fourth-order valence-corrected chi connectivity index (χ4v) is 3.32. The van der Waals surface area contributed by atoms with Crippen LogP contribution in [0.15, 0.2) is 48.5 Å². The molecule has 0 aliphatic rings. The lowest BCUT2D eigenvalue weighted by molar-refractivity contribution is 0.221. The number of fused-ring (bicyclic) bond motifs is 2. The summed E-state index contributed by atoms with van der Waals surface area (Å²) in [5, 5.41) is 3.67. The first-order valence-electron chi connectivity index (χ1n) is 7.58. The third-order valence-corrected chi connectivity index (χ3v) is 5.00. The molecule has 2 N–H and O–H groups in total. The molecule has 1 unspecified atom stereocenters. The smallest absolute Gasteiger partial charge is 0.359 e. The van der Waals surface area contributed by atoms with Gasteiger partial charge in [-0.3, -0.25) is 4.57 Å². The van der Waals surface area contributed by atoms with Crippen molar-refractivity contribution >= 4 is 34.4 Å². The molecule has 1 atom stereocenters. The number of benzene rings is 3. The second kappa shape index (κ2) is 5.97. The normalized spacial score (nSPS) is 13.4. The molecule has 0 heterocycles. The molecule has 23 heavy (non-hydrogen) atoms. The van der Waals surface area contributed by atoms with Gasteiger partial charge in [-0.25, -0.2) is 0 Å². The summed E-state index contributed by atoms with van der Waals surface area (Å²) in [5.74, 6) is 0.288. The molecular formula is C18H19O4P. The predicted molar refractivity (Wildman–Crippen MR) is 93.5 cm³/mol. The summed E-state index contributed by atoms with van der Waals surface area (Å²) in [5.41, 5.74) is 0. The lowest BCUT2D eigenvalue weighted by Gasteiger charge is -2.19. The van der Waals surface area contributed by atoms with Gasteiger partial charge in [-0.15, -0.1) is 0 Å². The van der Waals surface area contributed by atoms with Crippen molar-refractivity contribution in [2.24, 2.45) is 0 Å². The average molecular weight is 330 g/mol. The van der Waals surface area contributed by atoms with Gasteiger partial charge in [0.05, 0.1) is 6.10 Å². The monoisotopic (exact) mass is 330 g/mol. The summed E-state index contributed by atoms with van der Waals surface area (Å²) in [7, 11) is -4.41. The van der Waals surface area contributed by atoms with Crippen molar-refractivity contribution in [1.29, 1.82) is 0 Å². The zero-order valence-electron chi connectivity index (χ0n) is 13.1. The van der Waals surface area contributed by atoms with Crippen molar-refractivity contribution < 1.29 is 19.1 Å². The molecule has 0 fully saturated rings. The van der Waals surface area contributed by atoms with Crippen LogP contribution in [-0.4, -0.2) is 15.9 Å². The summed E-state index contributed by atoms with van der Waals surface area (Å²) in [6.07, 6.45) is 0.627. The Labute approximate surface area is 134 Å². The van der Waals surface area contributed by atoms with Crippen molar-refractivity contribution in [2.75, 3.05) is 0 Å². The van der Waals surface area contributed by atoms with E-state index >= 15 is 0 Å². The Kier molecular flexibility index (Phi) is 4.15. The van der Waals surface area contributed by atoms with Crippen LogP contribution in [0.2, 0.25) is 0 Å². The lowest BCUT2D eigenvalue weighted by Crippen LogP contribution is -2.17. The summed E-state index contributed by atoms with van der Waals surface area (Å²) >= 11 is 0. The fraction of sp³-hybridized carbons (Fsp3) is 0.222. The Bertz CT molecular complexity index is 913. The summed E-state index contributed by atoms with van der Waals surface area (Å²) in [6, 6.07) is 15.0. The molecule has 0 saturated heterocycles. The van der Waals surface area contributed by atoms with E-state index in [0.29, 0.717) is 0 Å². The third kappa shape index (κ3) is 3.11. The molecular weight excluding hydrogens is 311 g/mol. The zero-order valence-corrected chi connectivity index (χ0v) is 14.0. The molecule has 0 saturated carbocycles. The number of hydrogen-bond donors (Lipinski definition) is 2. The quantitative estimate of drug-likeness (QED) is 0.561. The van der Waals surface area contributed by atoms with E-state index in [1.807, 2.05) is 50.2 Å². The van der Waals surface area contributed by atoms with E-state index in [-0.39, 0.29) is 17.2 Å². The molecule has 5 heteroatoms. The van der Waals surface area contributed by atoms with Gasteiger partial charge in [0.1, 0.15) is 11.1 Å². The Morgan fingerprint density at radius 1 is 1.04 bits per heavy atom. The van der Waals surface area contributed by atoms with Crippen molar-refractivity contribution in [2.45, 2.75) is 26.4 Å². The van der Waals surface area contributed by atoms with Crippen molar-refractivity contribution in [3.05, 3.63) is 48.5 Å². The molecule has 3 aromatic rings. The first-order chi connectivity index (χ1) is 10.9. The summed E-state index contributed by atoms with van der Waals surface area (Å²) in [6.45, 7) is 3.87. The molecule has 3 aromatic carbocycles. The van der Waals surface area contributed by atoms with Crippen LogP contribution in [0.3, 0.4) is 0 Å². The Hall–Kier alpha value is -1.87. The molecule has 0 aromatic heterocycles. The first-order valence-corrected chi connectivity index (χ1v) is 9.19. The van der Waals surface area contributed by atoms with Gasteiger partial charge in [0.25, 0.3) is 0 Å². The first kappa shape index (κ1) is 16.0. The number of ether oxygens (including phenoxy) is 1. The van der Waals surface area contributed by atoms with Crippen molar-refractivity contribution in [3.8, 4) is 5.75 Å². The second-order valence-electron chi connectivity index (χ2n) is 5.72. The third-order valence-electron chi connectivity index (χ3n) is 4.02. The molecule has 0 amide bonds. The van der Waals surface area contributed by atoms with Crippen LogP contribution in [0, 0.1) is 0 Å². The Morgan fingerprint density at radius 3 is 2.30 bits per heavy atom. The highest BCUT2D eigenvalue weighted by atomic mass is 31.2. The maximum Gasteiger partial charge on any atom is 0.359 e.